The van der Waals surface area contributed by atoms with Crippen molar-refractivity contribution in [3.8, 4) is 0 Å². The molecule has 0 bridgehead atoms. The smallest absolute Gasteiger partial charge is 0.306 e. The lowest BCUT2D eigenvalue weighted by Gasteiger charge is -2.04. The van der Waals surface area contributed by atoms with Crippen molar-refractivity contribution in [3.05, 3.63) is 46.0 Å². The maximum Gasteiger partial charge on any atom is 0.306 e. The summed E-state index contributed by atoms with van der Waals surface area (Å²) in [6.45, 7) is 0.258. The number of nitro groups is 1. The van der Waals surface area contributed by atoms with Gasteiger partial charge in [0.25, 0.3) is 0 Å². The van der Waals surface area contributed by atoms with Gasteiger partial charge >= 0.3 is 5.97 Å². The first kappa shape index (κ1) is 14.2. The number of ether oxygens (including phenoxy) is 1. The number of unbranched alkanes of at least 4 members (excludes halogenated alkanes) is 2. The highest BCUT2D eigenvalue weighted by molar-refractivity contribution is 5.69. The van der Waals surface area contributed by atoms with Crippen LogP contribution in [-0.4, -0.2) is 17.4 Å². The maximum absolute atomic E-state index is 11.4. The minimum Gasteiger partial charge on any atom is -0.461 e. The molecule has 0 saturated heterocycles. The predicted octanol–water partition coefficient (Wildman–Crippen LogP) is 2.57. The molecule has 0 aliphatic rings. The van der Waals surface area contributed by atoms with E-state index in [1.54, 1.807) is 0 Å². The van der Waals surface area contributed by atoms with E-state index in [-0.39, 0.29) is 24.0 Å². The largest absolute Gasteiger partial charge is 0.461 e. The van der Waals surface area contributed by atoms with Crippen LogP contribution in [0, 0.1) is 10.1 Å². The van der Waals surface area contributed by atoms with Crippen molar-refractivity contribution < 1.29 is 14.5 Å². The fourth-order valence-electron chi connectivity index (χ4n) is 1.50. The van der Waals surface area contributed by atoms with E-state index in [1.807, 2.05) is 30.3 Å². The molecule has 18 heavy (non-hydrogen) atoms. The molecule has 1 aromatic carbocycles. The maximum atomic E-state index is 11.4. The summed E-state index contributed by atoms with van der Waals surface area (Å²) in [4.78, 5) is 21.1. The lowest BCUT2D eigenvalue weighted by molar-refractivity contribution is -0.480. The van der Waals surface area contributed by atoms with Crippen LogP contribution in [0.15, 0.2) is 30.3 Å². The summed E-state index contributed by atoms with van der Waals surface area (Å²) >= 11 is 0. The quantitative estimate of drug-likeness (QED) is 0.308. The molecule has 0 aliphatic heterocycles. The van der Waals surface area contributed by atoms with E-state index in [0.717, 1.165) is 5.56 Å². The van der Waals surface area contributed by atoms with Gasteiger partial charge in [0.2, 0.25) is 6.54 Å². The molecule has 0 amide bonds. The van der Waals surface area contributed by atoms with Crippen molar-refractivity contribution in [2.45, 2.75) is 32.3 Å². The number of hydrogen-bond acceptors (Lipinski definition) is 4. The lowest BCUT2D eigenvalue weighted by atomic mass is 10.2. The van der Waals surface area contributed by atoms with Crippen molar-refractivity contribution in [3.63, 3.8) is 0 Å². The Morgan fingerprint density at radius 3 is 2.56 bits per heavy atom. The molecule has 1 rings (SSSR count). The first-order chi connectivity index (χ1) is 8.68. The molecule has 5 nitrogen and oxygen atoms in total. The molecule has 0 radical (unpaired) electrons. The Hall–Kier alpha value is -1.91. The highest BCUT2D eigenvalue weighted by Gasteiger charge is 2.04. The number of nitrogens with zero attached hydrogens (tertiary/aromatic N) is 1. The molecule has 0 spiro atoms. The van der Waals surface area contributed by atoms with Gasteiger partial charge in [-0.25, -0.2) is 0 Å². The molecule has 0 unspecified atom stereocenters. The first-order valence-corrected chi connectivity index (χ1v) is 6.00. The van der Waals surface area contributed by atoms with Gasteiger partial charge in [0.1, 0.15) is 6.61 Å². The minimum absolute atomic E-state index is 0.0287. The van der Waals surface area contributed by atoms with Gasteiger partial charge in [0.05, 0.1) is 0 Å². The second-order valence-electron chi connectivity index (χ2n) is 4.01. The molecule has 0 aromatic heterocycles. The molecule has 5 heteroatoms. The SMILES string of the molecule is O=C(CCCCC[N+](=O)[O-])OCc1ccccc1. The Kier molecular flexibility index (Phi) is 6.46. The Balaban J connectivity index is 2.06. The summed E-state index contributed by atoms with van der Waals surface area (Å²) in [7, 11) is 0. The number of benzene rings is 1. The third-order valence-electron chi connectivity index (χ3n) is 2.46. The van der Waals surface area contributed by atoms with Gasteiger partial charge in [-0.15, -0.1) is 0 Å². The van der Waals surface area contributed by atoms with Crippen molar-refractivity contribution >= 4 is 5.97 Å². The van der Waals surface area contributed by atoms with Gasteiger partial charge in [0.15, 0.2) is 0 Å². The normalized spacial score (nSPS) is 10.0. The van der Waals surface area contributed by atoms with Crippen LogP contribution in [0.1, 0.15) is 31.2 Å². The average molecular weight is 251 g/mol. The number of hydrogen-bond donors (Lipinski definition) is 0. The summed E-state index contributed by atoms with van der Waals surface area (Å²) in [6.07, 6.45) is 2.16. The van der Waals surface area contributed by atoms with Gasteiger partial charge in [-0.3, -0.25) is 14.9 Å². The van der Waals surface area contributed by atoms with Crippen LogP contribution in [0.3, 0.4) is 0 Å². The third-order valence-corrected chi connectivity index (χ3v) is 2.46. The summed E-state index contributed by atoms with van der Waals surface area (Å²) in [5.41, 5.74) is 0.958. The van der Waals surface area contributed by atoms with Gasteiger partial charge in [0, 0.05) is 17.8 Å². The fourth-order valence-corrected chi connectivity index (χ4v) is 1.50. The van der Waals surface area contributed by atoms with E-state index >= 15 is 0 Å². The molecule has 0 saturated carbocycles. The Bertz CT molecular complexity index is 378. The van der Waals surface area contributed by atoms with Crippen molar-refractivity contribution in [1.82, 2.24) is 0 Å². The molecular formula is C13H17NO4. The Labute approximate surface area is 106 Å². The molecule has 0 aliphatic carbocycles. The van der Waals surface area contributed by atoms with E-state index in [9.17, 15) is 14.9 Å². The molecule has 0 heterocycles. The molecule has 0 fully saturated rings. The molecular weight excluding hydrogens is 234 g/mol. The fraction of sp³-hybridized carbons (Fsp3) is 0.462. The number of esters is 1. The number of carbonyl (C=O) groups excluding carboxylic acids is 1. The van der Waals surface area contributed by atoms with Crippen LogP contribution in [0.2, 0.25) is 0 Å². The van der Waals surface area contributed by atoms with Crippen LogP contribution in [0.4, 0.5) is 0 Å². The van der Waals surface area contributed by atoms with Crippen molar-refractivity contribution in [1.29, 1.82) is 0 Å². The first-order valence-electron chi connectivity index (χ1n) is 6.00. The highest BCUT2D eigenvalue weighted by atomic mass is 16.6. The standard InChI is InChI=1S/C13H17NO4/c15-13(9-5-2-6-10-14(16)17)18-11-12-7-3-1-4-8-12/h1,3-4,7-8H,2,5-6,9-11H2. The number of carbonyl (C=O) groups is 1. The van der Waals surface area contributed by atoms with E-state index in [1.165, 1.54) is 0 Å². The van der Waals surface area contributed by atoms with E-state index in [4.69, 9.17) is 4.74 Å². The summed E-state index contributed by atoms with van der Waals surface area (Å²) in [5.74, 6) is -0.250. The van der Waals surface area contributed by atoms with Crippen LogP contribution in [-0.2, 0) is 16.1 Å². The second-order valence-corrected chi connectivity index (χ2v) is 4.01. The molecule has 0 N–H and O–H groups in total. The van der Waals surface area contributed by atoms with Gasteiger partial charge in [-0.05, 0) is 18.4 Å². The third kappa shape index (κ3) is 6.62. The van der Waals surface area contributed by atoms with Gasteiger partial charge in [-0.1, -0.05) is 30.3 Å². The zero-order valence-corrected chi connectivity index (χ0v) is 10.2. The monoisotopic (exact) mass is 251 g/mol. The Morgan fingerprint density at radius 2 is 1.89 bits per heavy atom. The molecule has 1 aromatic rings. The lowest BCUT2D eigenvalue weighted by Crippen LogP contribution is -2.05. The minimum atomic E-state index is -0.340. The van der Waals surface area contributed by atoms with Crippen molar-refractivity contribution in [2.75, 3.05) is 6.54 Å². The van der Waals surface area contributed by atoms with E-state index in [2.05, 4.69) is 0 Å². The number of rotatable bonds is 8. The van der Waals surface area contributed by atoms with E-state index < -0.39 is 0 Å². The molecule has 0 atom stereocenters. The summed E-state index contributed by atoms with van der Waals surface area (Å²) in [5, 5.41) is 10.1. The summed E-state index contributed by atoms with van der Waals surface area (Å²) in [6, 6.07) is 9.47. The Morgan fingerprint density at radius 1 is 1.17 bits per heavy atom. The topological polar surface area (TPSA) is 69.4 Å². The second kappa shape index (κ2) is 8.22. The molecule has 98 valence electrons. The predicted molar refractivity (Wildman–Crippen MR) is 66.6 cm³/mol. The zero-order valence-electron chi connectivity index (χ0n) is 10.2. The van der Waals surface area contributed by atoms with Gasteiger partial charge in [-0.2, -0.15) is 0 Å². The average Bonchev–Trinajstić information content (AvgIpc) is 2.37. The zero-order chi connectivity index (χ0) is 13.2. The highest BCUT2D eigenvalue weighted by Crippen LogP contribution is 2.05. The van der Waals surface area contributed by atoms with Crippen molar-refractivity contribution in [2.24, 2.45) is 0 Å². The van der Waals surface area contributed by atoms with Crippen LogP contribution in [0.5, 0.6) is 0 Å². The van der Waals surface area contributed by atoms with E-state index in [0.29, 0.717) is 25.7 Å². The van der Waals surface area contributed by atoms with Crippen LogP contribution in [0.25, 0.3) is 0 Å². The summed E-state index contributed by atoms with van der Waals surface area (Å²) < 4.78 is 5.08. The van der Waals surface area contributed by atoms with Gasteiger partial charge < -0.3 is 4.74 Å². The van der Waals surface area contributed by atoms with Crippen LogP contribution >= 0.6 is 0 Å². The van der Waals surface area contributed by atoms with Crippen LogP contribution < -0.4 is 0 Å².